The van der Waals surface area contributed by atoms with Crippen LogP contribution in [0, 0.1) is 5.92 Å². The number of hydrogen-bond acceptors (Lipinski definition) is 1. The lowest BCUT2D eigenvalue weighted by Crippen LogP contribution is -2.05. The van der Waals surface area contributed by atoms with Crippen molar-refractivity contribution < 1.29 is 4.79 Å². The molecule has 0 heterocycles. The fraction of sp³-hybridized carbons (Fsp3) is 0.889. The van der Waals surface area contributed by atoms with Crippen molar-refractivity contribution in [2.45, 2.75) is 46.5 Å². The summed E-state index contributed by atoms with van der Waals surface area (Å²) in [5, 5.41) is 0. The molecule has 0 spiro atoms. The molecule has 0 amide bonds. The third-order valence-corrected chi connectivity index (χ3v) is 1.93. The summed E-state index contributed by atoms with van der Waals surface area (Å²) >= 11 is 0. The number of hydrogen-bond donors (Lipinski definition) is 0. The minimum Gasteiger partial charge on any atom is -0.300 e. The van der Waals surface area contributed by atoms with Crippen LogP contribution in [0.25, 0.3) is 0 Å². The summed E-state index contributed by atoms with van der Waals surface area (Å²) in [7, 11) is 0. The molecule has 0 bridgehead atoms. The lowest BCUT2D eigenvalue weighted by molar-refractivity contribution is -0.120. The monoisotopic (exact) mass is 142 g/mol. The minimum absolute atomic E-state index is 0.284. The summed E-state index contributed by atoms with van der Waals surface area (Å²) in [5.41, 5.74) is 0. The molecule has 0 unspecified atom stereocenters. The van der Waals surface area contributed by atoms with Crippen LogP contribution in [0.5, 0.6) is 0 Å². The second-order valence-corrected chi connectivity index (χ2v) is 3.01. The molecule has 0 fully saturated rings. The van der Waals surface area contributed by atoms with Gasteiger partial charge in [0.1, 0.15) is 5.78 Å². The Morgan fingerprint density at radius 2 is 2.00 bits per heavy atom. The van der Waals surface area contributed by atoms with E-state index in [1.807, 2.05) is 6.92 Å². The summed E-state index contributed by atoms with van der Waals surface area (Å²) in [6.07, 6.45) is 4.78. The quantitative estimate of drug-likeness (QED) is 0.539. The molecule has 60 valence electrons. The smallest absolute Gasteiger partial charge is 0.132 e. The Hall–Kier alpha value is -0.330. The topological polar surface area (TPSA) is 17.1 Å². The molecule has 0 rings (SSSR count). The fourth-order valence-electron chi connectivity index (χ4n) is 0.904. The highest BCUT2D eigenvalue weighted by Gasteiger charge is 2.05. The average Bonchev–Trinajstić information content (AvgIpc) is 1.88. The van der Waals surface area contributed by atoms with Crippen LogP contribution in [0.3, 0.4) is 0 Å². The SMILES string of the molecule is CCCCC[C@H](C)C(C)=O. The van der Waals surface area contributed by atoms with E-state index in [4.69, 9.17) is 0 Å². The van der Waals surface area contributed by atoms with E-state index in [9.17, 15) is 4.79 Å². The summed E-state index contributed by atoms with van der Waals surface area (Å²) in [4.78, 5) is 10.7. The number of unbranched alkanes of at least 4 members (excludes halogenated alkanes) is 2. The van der Waals surface area contributed by atoms with E-state index in [1.165, 1.54) is 19.3 Å². The maximum atomic E-state index is 10.7. The zero-order chi connectivity index (χ0) is 7.98. The van der Waals surface area contributed by atoms with Crippen LogP contribution >= 0.6 is 0 Å². The molecule has 1 heteroatoms. The van der Waals surface area contributed by atoms with Gasteiger partial charge in [-0.1, -0.05) is 33.1 Å². The predicted molar refractivity (Wildman–Crippen MR) is 44.0 cm³/mol. The second kappa shape index (κ2) is 5.45. The third kappa shape index (κ3) is 4.54. The van der Waals surface area contributed by atoms with E-state index in [2.05, 4.69) is 6.92 Å². The van der Waals surface area contributed by atoms with Crippen molar-refractivity contribution in [3.8, 4) is 0 Å². The first-order valence-electron chi connectivity index (χ1n) is 4.19. The zero-order valence-electron chi connectivity index (χ0n) is 7.31. The summed E-state index contributed by atoms with van der Waals surface area (Å²) in [6, 6.07) is 0. The van der Waals surface area contributed by atoms with Crippen molar-refractivity contribution >= 4 is 5.78 Å². The van der Waals surface area contributed by atoms with E-state index < -0.39 is 0 Å². The highest BCUT2D eigenvalue weighted by Crippen LogP contribution is 2.09. The van der Waals surface area contributed by atoms with Gasteiger partial charge in [0.05, 0.1) is 0 Å². The summed E-state index contributed by atoms with van der Waals surface area (Å²) < 4.78 is 0. The Morgan fingerprint density at radius 3 is 2.40 bits per heavy atom. The first kappa shape index (κ1) is 9.67. The van der Waals surface area contributed by atoms with Gasteiger partial charge in [-0.05, 0) is 13.3 Å². The van der Waals surface area contributed by atoms with Gasteiger partial charge in [0.15, 0.2) is 0 Å². The van der Waals surface area contributed by atoms with Crippen LogP contribution in [0.1, 0.15) is 46.5 Å². The maximum Gasteiger partial charge on any atom is 0.132 e. The van der Waals surface area contributed by atoms with Gasteiger partial charge in [0.25, 0.3) is 0 Å². The van der Waals surface area contributed by atoms with Crippen molar-refractivity contribution in [2.75, 3.05) is 0 Å². The van der Waals surface area contributed by atoms with Crippen LogP contribution < -0.4 is 0 Å². The molecule has 10 heavy (non-hydrogen) atoms. The first-order chi connectivity index (χ1) is 4.68. The van der Waals surface area contributed by atoms with Crippen LogP contribution in [0.15, 0.2) is 0 Å². The van der Waals surface area contributed by atoms with Gasteiger partial charge in [-0.2, -0.15) is 0 Å². The lowest BCUT2D eigenvalue weighted by atomic mass is 10.0. The number of ketones is 1. The molecular weight excluding hydrogens is 124 g/mol. The molecule has 0 aliphatic carbocycles. The van der Waals surface area contributed by atoms with Gasteiger partial charge in [-0.15, -0.1) is 0 Å². The predicted octanol–water partition coefficient (Wildman–Crippen LogP) is 2.79. The van der Waals surface area contributed by atoms with Gasteiger partial charge >= 0.3 is 0 Å². The van der Waals surface area contributed by atoms with Gasteiger partial charge in [-0.3, -0.25) is 4.79 Å². The second-order valence-electron chi connectivity index (χ2n) is 3.01. The van der Waals surface area contributed by atoms with Gasteiger partial charge in [0, 0.05) is 5.92 Å². The molecule has 0 aromatic heterocycles. The maximum absolute atomic E-state index is 10.7. The summed E-state index contributed by atoms with van der Waals surface area (Å²) in [5.74, 6) is 0.614. The fourth-order valence-corrected chi connectivity index (χ4v) is 0.904. The number of Topliss-reactive ketones (excluding diaryl/α,β-unsaturated/α-hetero) is 1. The summed E-state index contributed by atoms with van der Waals surface area (Å²) in [6.45, 7) is 5.87. The van der Waals surface area contributed by atoms with Crippen molar-refractivity contribution in [3.63, 3.8) is 0 Å². The number of carbonyl (C=O) groups excluding carboxylic acids is 1. The van der Waals surface area contributed by atoms with E-state index in [1.54, 1.807) is 6.92 Å². The van der Waals surface area contributed by atoms with Crippen LogP contribution in [-0.2, 0) is 4.79 Å². The van der Waals surface area contributed by atoms with E-state index in [-0.39, 0.29) is 5.92 Å². The molecule has 0 radical (unpaired) electrons. The Labute approximate surface area is 63.8 Å². The van der Waals surface area contributed by atoms with Crippen molar-refractivity contribution in [2.24, 2.45) is 5.92 Å². The van der Waals surface area contributed by atoms with E-state index in [0.717, 1.165) is 6.42 Å². The molecule has 0 aromatic rings. The van der Waals surface area contributed by atoms with Crippen LogP contribution in [-0.4, -0.2) is 5.78 Å². The standard InChI is InChI=1S/C9H18O/c1-4-5-6-7-8(2)9(3)10/h8H,4-7H2,1-3H3/t8-/m0/s1. The highest BCUT2D eigenvalue weighted by molar-refractivity contribution is 5.77. The van der Waals surface area contributed by atoms with Crippen molar-refractivity contribution in [3.05, 3.63) is 0 Å². The zero-order valence-corrected chi connectivity index (χ0v) is 7.31. The Balaban J connectivity index is 3.21. The molecule has 1 atom stereocenters. The van der Waals surface area contributed by atoms with E-state index >= 15 is 0 Å². The first-order valence-corrected chi connectivity index (χ1v) is 4.19. The molecular formula is C9H18O. The van der Waals surface area contributed by atoms with Gasteiger partial charge in [0.2, 0.25) is 0 Å². The van der Waals surface area contributed by atoms with Crippen molar-refractivity contribution in [1.82, 2.24) is 0 Å². The minimum atomic E-state index is 0.284. The van der Waals surface area contributed by atoms with E-state index in [0.29, 0.717) is 5.78 Å². The molecule has 0 aromatic carbocycles. The molecule has 0 aliphatic heterocycles. The van der Waals surface area contributed by atoms with Gasteiger partial charge < -0.3 is 0 Å². The Kier molecular flexibility index (Phi) is 5.27. The normalized spacial score (nSPS) is 13.1. The van der Waals surface area contributed by atoms with Crippen LogP contribution in [0.4, 0.5) is 0 Å². The number of carbonyl (C=O) groups is 1. The average molecular weight is 142 g/mol. The highest BCUT2D eigenvalue weighted by atomic mass is 16.1. The lowest BCUT2D eigenvalue weighted by Gasteiger charge is -2.04. The largest absolute Gasteiger partial charge is 0.300 e. The third-order valence-electron chi connectivity index (χ3n) is 1.93. The van der Waals surface area contributed by atoms with Crippen molar-refractivity contribution in [1.29, 1.82) is 0 Å². The molecule has 0 N–H and O–H groups in total. The molecule has 0 aliphatic rings. The Morgan fingerprint density at radius 1 is 1.40 bits per heavy atom. The van der Waals surface area contributed by atoms with Gasteiger partial charge in [-0.25, -0.2) is 0 Å². The molecule has 0 saturated heterocycles. The Bertz CT molecular complexity index is 96.9. The molecule has 0 saturated carbocycles. The van der Waals surface area contributed by atoms with Crippen LogP contribution in [0.2, 0.25) is 0 Å². The molecule has 1 nitrogen and oxygen atoms in total. The number of rotatable bonds is 5.